The molecule has 1 aliphatic rings. The van der Waals surface area contributed by atoms with E-state index in [4.69, 9.17) is 4.74 Å². The van der Waals surface area contributed by atoms with Crippen LogP contribution in [-0.2, 0) is 9.53 Å². The van der Waals surface area contributed by atoms with Crippen LogP contribution in [0.25, 0.3) is 0 Å². The summed E-state index contributed by atoms with van der Waals surface area (Å²) in [6, 6.07) is 3.36. The highest BCUT2D eigenvalue weighted by atomic mass is 19.1. The Bertz CT molecular complexity index is 662. The topological polar surface area (TPSA) is 84.5 Å². The first-order valence-electron chi connectivity index (χ1n) is 8.40. The largest absolute Gasteiger partial charge is 0.452 e. The van der Waals surface area contributed by atoms with Crippen molar-refractivity contribution in [3.8, 4) is 0 Å². The Labute approximate surface area is 146 Å². The van der Waals surface area contributed by atoms with Crippen LogP contribution in [0.3, 0.4) is 0 Å². The molecule has 0 spiro atoms. The number of carbonyl (C=O) groups is 3. The number of imide groups is 1. The third-order valence-electron chi connectivity index (χ3n) is 4.42. The van der Waals surface area contributed by atoms with Gasteiger partial charge in [0.05, 0.1) is 5.56 Å². The molecular weight excluding hydrogens is 327 g/mol. The Morgan fingerprint density at radius 2 is 1.96 bits per heavy atom. The second kappa shape index (κ2) is 8.60. The van der Waals surface area contributed by atoms with Gasteiger partial charge >= 0.3 is 12.0 Å². The summed E-state index contributed by atoms with van der Waals surface area (Å²) in [5, 5.41) is 4.91. The van der Waals surface area contributed by atoms with Gasteiger partial charge in [0.15, 0.2) is 6.61 Å². The molecule has 0 radical (unpaired) electrons. The average molecular weight is 350 g/mol. The minimum absolute atomic E-state index is 0.0105. The van der Waals surface area contributed by atoms with Gasteiger partial charge in [-0.2, -0.15) is 0 Å². The van der Waals surface area contributed by atoms with Crippen LogP contribution in [-0.4, -0.2) is 30.6 Å². The number of hydrogen-bond acceptors (Lipinski definition) is 4. The Kier molecular flexibility index (Phi) is 6.50. The summed E-state index contributed by atoms with van der Waals surface area (Å²) in [6.45, 7) is 3.03. The van der Waals surface area contributed by atoms with E-state index >= 15 is 0 Å². The van der Waals surface area contributed by atoms with Gasteiger partial charge in [-0.1, -0.05) is 25.8 Å². The lowest BCUT2D eigenvalue weighted by Gasteiger charge is -2.29. The Morgan fingerprint density at radius 1 is 1.24 bits per heavy atom. The SMILES string of the molecule is Cc1ccc(C(=O)OCC(=O)NC(=O)N[C@H]2CCCC[C@H]2C)cc1F. The number of hydrogen-bond donors (Lipinski definition) is 2. The molecule has 1 saturated carbocycles. The lowest BCUT2D eigenvalue weighted by atomic mass is 9.86. The molecule has 1 aliphatic carbocycles. The first-order chi connectivity index (χ1) is 11.9. The summed E-state index contributed by atoms with van der Waals surface area (Å²) in [6.07, 6.45) is 4.13. The maximum absolute atomic E-state index is 13.4. The highest BCUT2D eigenvalue weighted by Crippen LogP contribution is 2.23. The zero-order chi connectivity index (χ0) is 18.4. The lowest BCUT2D eigenvalue weighted by molar-refractivity contribution is -0.123. The Hall–Kier alpha value is -2.44. The number of benzene rings is 1. The third-order valence-corrected chi connectivity index (χ3v) is 4.42. The van der Waals surface area contributed by atoms with Crippen LogP contribution in [0.1, 0.15) is 48.5 Å². The van der Waals surface area contributed by atoms with Crippen LogP contribution in [0.4, 0.5) is 9.18 Å². The quantitative estimate of drug-likeness (QED) is 0.818. The van der Waals surface area contributed by atoms with E-state index in [2.05, 4.69) is 17.6 Å². The third kappa shape index (κ3) is 5.55. The predicted octanol–water partition coefficient (Wildman–Crippen LogP) is 2.70. The molecule has 6 nitrogen and oxygen atoms in total. The fraction of sp³-hybridized carbons (Fsp3) is 0.500. The molecule has 0 unspecified atom stereocenters. The number of nitrogens with one attached hydrogen (secondary N) is 2. The molecule has 0 heterocycles. The second-order valence-corrected chi connectivity index (χ2v) is 6.43. The number of esters is 1. The van der Waals surface area contributed by atoms with Gasteiger partial charge in [-0.05, 0) is 43.4 Å². The zero-order valence-corrected chi connectivity index (χ0v) is 14.4. The Balaban J connectivity index is 1.76. The molecule has 1 aromatic carbocycles. The van der Waals surface area contributed by atoms with E-state index in [1.807, 2.05) is 0 Å². The maximum atomic E-state index is 13.4. The summed E-state index contributed by atoms with van der Waals surface area (Å²) < 4.78 is 18.2. The molecule has 25 heavy (non-hydrogen) atoms. The number of halogens is 1. The van der Waals surface area contributed by atoms with Crippen LogP contribution in [0.5, 0.6) is 0 Å². The maximum Gasteiger partial charge on any atom is 0.338 e. The standard InChI is InChI=1S/C18H23FN2O4/c1-11-7-8-13(9-14(11)19)17(23)25-10-16(22)21-18(24)20-15-6-4-3-5-12(15)2/h7-9,12,15H,3-6,10H2,1-2H3,(H2,20,21,22,24)/t12-,15+/m1/s1. The minimum atomic E-state index is -0.824. The minimum Gasteiger partial charge on any atom is -0.452 e. The number of urea groups is 1. The second-order valence-electron chi connectivity index (χ2n) is 6.43. The van der Waals surface area contributed by atoms with E-state index in [0.29, 0.717) is 11.5 Å². The van der Waals surface area contributed by atoms with Crippen molar-refractivity contribution in [1.82, 2.24) is 10.6 Å². The normalized spacial score (nSPS) is 19.8. The van der Waals surface area contributed by atoms with Crippen LogP contribution >= 0.6 is 0 Å². The highest BCUT2D eigenvalue weighted by Gasteiger charge is 2.23. The average Bonchev–Trinajstić information content (AvgIpc) is 2.57. The summed E-state index contributed by atoms with van der Waals surface area (Å²) in [5.74, 6) is -1.72. The van der Waals surface area contributed by atoms with Gasteiger partial charge < -0.3 is 10.1 Å². The summed E-state index contributed by atoms with van der Waals surface area (Å²) in [4.78, 5) is 35.3. The molecule has 0 aromatic heterocycles. The molecule has 1 fully saturated rings. The van der Waals surface area contributed by atoms with E-state index in [9.17, 15) is 18.8 Å². The van der Waals surface area contributed by atoms with Crippen molar-refractivity contribution >= 4 is 17.9 Å². The molecule has 2 atom stereocenters. The van der Waals surface area contributed by atoms with Gasteiger partial charge in [0, 0.05) is 6.04 Å². The van der Waals surface area contributed by atoms with E-state index in [1.54, 1.807) is 6.92 Å². The van der Waals surface area contributed by atoms with Crippen LogP contribution in [0.15, 0.2) is 18.2 Å². The number of ether oxygens (including phenoxy) is 1. The van der Waals surface area contributed by atoms with Gasteiger partial charge in [0.25, 0.3) is 5.91 Å². The van der Waals surface area contributed by atoms with Crippen LogP contribution in [0, 0.1) is 18.7 Å². The molecule has 136 valence electrons. The van der Waals surface area contributed by atoms with Crippen molar-refractivity contribution in [2.24, 2.45) is 5.92 Å². The number of amides is 3. The molecule has 2 N–H and O–H groups in total. The smallest absolute Gasteiger partial charge is 0.338 e. The molecule has 3 amide bonds. The van der Waals surface area contributed by atoms with Gasteiger partial charge in [-0.25, -0.2) is 14.0 Å². The van der Waals surface area contributed by atoms with Gasteiger partial charge in [-0.15, -0.1) is 0 Å². The molecule has 7 heteroatoms. The number of rotatable bonds is 4. The molecule has 0 saturated heterocycles. The van der Waals surface area contributed by atoms with Crippen molar-refractivity contribution in [2.45, 2.75) is 45.6 Å². The van der Waals surface area contributed by atoms with Crippen molar-refractivity contribution in [3.05, 3.63) is 35.1 Å². The highest BCUT2D eigenvalue weighted by molar-refractivity contribution is 5.97. The number of carbonyl (C=O) groups excluding carboxylic acids is 3. The summed E-state index contributed by atoms with van der Waals surface area (Å²) >= 11 is 0. The summed E-state index contributed by atoms with van der Waals surface area (Å²) in [5.41, 5.74) is 0.416. The Morgan fingerprint density at radius 3 is 2.64 bits per heavy atom. The molecule has 2 rings (SSSR count). The van der Waals surface area contributed by atoms with Gasteiger partial charge in [0.2, 0.25) is 0 Å². The fourth-order valence-electron chi connectivity index (χ4n) is 2.83. The summed E-state index contributed by atoms with van der Waals surface area (Å²) in [7, 11) is 0. The predicted molar refractivity (Wildman–Crippen MR) is 89.5 cm³/mol. The van der Waals surface area contributed by atoms with Crippen molar-refractivity contribution in [3.63, 3.8) is 0 Å². The van der Waals surface area contributed by atoms with E-state index in [-0.39, 0.29) is 11.6 Å². The van der Waals surface area contributed by atoms with Crippen LogP contribution < -0.4 is 10.6 Å². The molecule has 1 aromatic rings. The van der Waals surface area contributed by atoms with E-state index in [1.165, 1.54) is 12.1 Å². The molecule has 0 bridgehead atoms. The van der Waals surface area contributed by atoms with Crippen molar-refractivity contribution < 1.29 is 23.5 Å². The van der Waals surface area contributed by atoms with Gasteiger partial charge in [0.1, 0.15) is 5.82 Å². The van der Waals surface area contributed by atoms with Gasteiger partial charge in [-0.3, -0.25) is 10.1 Å². The van der Waals surface area contributed by atoms with Crippen LogP contribution in [0.2, 0.25) is 0 Å². The molecule has 0 aliphatic heterocycles. The van der Waals surface area contributed by atoms with E-state index in [0.717, 1.165) is 31.7 Å². The lowest BCUT2D eigenvalue weighted by Crippen LogP contribution is -2.48. The zero-order valence-electron chi connectivity index (χ0n) is 14.4. The van der Waals surface area contributed by atoms with E-state index < -0.39 is 30.3 Å². The van der Waals surface area contributed by atoms with Crippen molar-refractivity contribution in [2.75, 3.05) is 6.61 Å². The number of aryl methyl sites for hydroxylation is 1. The fourth-order valence-corrected chi connectivity index (χ4v) is 2.83. The molecular formula is C18H23FN2O4. The first kappa shape index (κ1) is 18.9. The monoisotopic (exact) mass is 350 g/mol. The van der Waals surface area contributed by atoms with Crippen molar-refractivity contribution in [1.29, 1.82) is 0 Å². The first-order valence-corrected chi connectivity index (χ1v) is 8.40.